The molecule has 2 N–H and O–H groups in total. The van der Waals surface area contributed by atoms with Gasteiger partial charge in [0.1, 0.15) is 11.9 Å². The van der Waals surface area contributed by atoms with Crippen LogP contribution in [0.4, 0.5) is 4.39 Å². The highest BCUT2D eigenvalue weighted by Gasteiger charge is 2.23. The van der Waals surface area contributed by atoms with Gasteiger partial charge in [0.2, 0.25) is 0 Å². The zero-order valence-electron chi connectivity index (χ0n) is 11.0. The molecule has 0 bridgehead atoms. The lowest BCUT2D eigenvalue weighted by atomic mass is 10.0. The molecule has 0 amide bonds. The monoisotopic (exact) mass is 239 g/mol. The fourth-order valence-electron chi connectivity index (χ4n) is 1.57. The number of halogens is 1. The van der Waals surface area contributed by atoms with Crippen LogP contribution >= 0.6 is 0 Å². The smallest absolute Gasteiger partial charge is 0.129 e. The molecule has 1 aromatic rings. The first-order chi connectivity index (χ1) is 7.93. The minimum Gasteiger partial charge on any atom is -0.369 e. The molecule has 3 unspecified atom stereocenters. The van der Waals surface area contributed by atoms with E-state index in [1.807, 2.05) is 13.8 Å². The molecule has 0 saturated heterocycles. The van der Waals surface area contributed by atoms with Crippen LogP contribution in [0.5, 0.6) is 0 Å². The van der Waals surface area contributed by atoms with E-state index in [4.69, 9.17) is 10.5 Å². The molecular formula is C14H22FNO. The second-order valence-electron chi connectivity index (χ2n) is 4.89. The van der Waals surface area contributed by atoms with Crippen molar-refractivity contribution in [1.29, 1.82) is 0 Å². The lowest BCUT2D eigenvalue weighted by molar-refractivity contribution is -0.0379. The molecule has 0 saturated carbocycles. The average Bonchev–Trinajstić information content (AvgIpc) is 2.26. The van der Waals surface area contributed by atoms with Crippen molar-refractivity contribution in [2.24, 2.45) is 11.7 Å². The van der Waals surface area contributed by atoms with Gasteiger partial charge in [-0.25, -0.2) is 4.39 Å². The molecule has 0 aliphatic heterocycles. The van der Waals surface area contributed by atoms with Gasteiger partial charge in [0, 0.05) is 11.6 Å². The highest BCUT2D eigenvalue weighted by molar-refractivity contribution is 5.21. The summed E-state index contributed by atoms with van der Waals surface area (Å²) in [6.07, 6.45) is -0.348. The van der Waals surface area contributed by atoms with Crippen LogP contribution in [0.15, 0.2) is 24.3 Å². The van der Waals surface area contributed by atoms with Gasteiger partial charge >= 0.3 is 0 Å². The van der Waals surface area contributed by atoms with Gasteiger partial charge in [0.05, 0.1) is 6.10 Å². The first-order valence-electron chi connectivity index (χ1n) is 6.09. The van der Waals surface area contributed by atoms with Gasteiger partial charge < -0.3 is 10.5 Å². The number of hydrogen-bond acceptors (Lipinski definition) is 2. The van der Waals surface area contributed by atoms with Crippen LogP contribution in [-0.4, -0.2) is 12.1 Å². The SMILES string of the molecule is CC(C)C(C)OC(c1ccccc1F)C(C)N. The van der Waals surface area contributed by atoms with E-state index in [1.54, 1.807) is 18.2 Å². The van der Waals surface area contributed by atoms with Gasteiger partial charge in [-0.05, 0) is 25.8 Å². The molecule has 0 fully saturated rings. The van der Waals surface area contributed by atoms with E-state index in [-0.39, 0.29) is 18.0 Å². The van der Waals surface area contributed by atoms with Crippen LogP contribution in [0, 0.1) is 11.7 Å². The van der Waals surface area contributed by atoms with Gasteiger partial charge in [0.25, 0.3) is 0 Å². The molecule has 17 heavy (non-hydrogen) atoms. The Kier molecular flexibility index (Phi) is 5.09. The van der Waals surface area contributed by atoms with Crippen LogP contribution in [0.25, 0.3) is 0 Å². The zero-order valence-corrected chi connectivity index (χ0v) is 11.0. The lowest BCUT2D eigenvalue weighted by Gasteiger charge is -2.28. The van der Waals surface area contributed by atoms with Crippen LogP contribution in [0.3, 0.4) is 0 Å². The first-order valence-corrected chi connectivity index (χ1v) is 6.09. The quantitative estimate of drug-likeness (QED) is 0.855. The summed E-state index contributed by atoms with van der Waals surface area (Å²) < 4.78 is 19.6. The fourth-order valence-corrected chi connectivity index (χ4v) is 1.57. The Balaban J connectivity index is 2.91. The summed E-state index contributed by atoms with van der Waals surface area (Å²) in [6.45, 7) is 7.97. The third kappa shape index (κ3) is 3.79. The van der Waals surface area contributed by atoms with Crippen molar-refractivity contribution >= 4 is 0 Å². The summed E-state index contributed by atoms with van der Waals surface area (Å²) in [7, 11) is 0. The number of rotatable bonds is 5. The number of ether oxygens (including phenoxy) is 1. The Morgan fingerprint density at radius 1 is 1.12 bits per heavy atom. The molecular weight excluding hydrogens is 217 g/mol. The second kappa shape index (κ2) is 6.12. The van der Waals surface area contributed by atoms with E-state index in [2.05, 4.69) is 13.8 Å². The van der Waals surface area contributed by atoms with Gasteiger partial charge in [-0.15, -0.1) is 0 Å². The van der Waals surface area contributed by atoms with Crippen molar-refractivity contribution in [2.75, 3.05) is 0 Å². The van der Waals surface area contributed by atoms with Crippen LogP contribution in [-0.2, 0) is 4.74 Å². The summed E-state index contributed by atoms with van der Waals surface area (Å²) in [5.41, 5.74) is 6.43. The van der Waals surface area contributed by atoms with Crippen molar-refractivity contribution in [3.8, 4) is 0 Å². The van der Waals surface area contributed by atoms with Crippen molar-refractivity contribution in [3.05, 3.63) is 35.6 Å². The first kappa shape index (κ1) is 14.1. The minimum absolute atomic E-state index is 0.0469. The Hall–Kier alpha value is -0.930. The Bertz CT molecular complexity index is 352. The second-order valence-corrected chi connectivity index (χ2v) is 4.89. The molecule has 0 aliphatic carbocycles. The molecule has 0 spiro atoms. The maximum atomic E-state index is 13.7. The van der Waals surface area contributed by atoms with Gasteiger partial charge in [-0.2, -0.15) is 0 Å². The van der Waals surface area contributed by atoms with E-state index in [0.29, 0.717) is 11.5 Å². The maximum Gasteiger partial charge on any atom is 0.129 e. The molecule has 0 aliphatic rings. The highest BCUT2D eigenvalue weighted by Crippen LogP contribution is 2.26. The average molecular weight is 239 g/mol. The molecule has 0 radical (unpaired) electrons. The predicted octanol–water partition coefficient (Wildman–Crippen LogP) is 3.28. The zero-order chi connectivity index (χ0) is 13.0. The third-order valence-corrected chi connectivity index (χ3v) is 2.99. The Morgan fingerprint density at radius 2 is 1.71 bits per heavy atom. The largest absolute Gasteiger partial charge is 0.369 e. The summed E-state index contributed by atoms with van der Waals surface area (Å²) in [6, 6.07) is 6.40. The summed E-state index contributed by atoms with van der Waals surface area (Å²) in [5.74, 6) is 0.119. The molecule has 1 aromatic carbocycles. The third-order valence-electron chi connectivity index (χ3n) is 2.99. The maximum absolute atomic E-state index is 13.7. The molecule has 3 atom stereocenters. The summed E-state index contributed by atoms with van der Waals surface area (Å²) in [5, 5.41) is 0. The van der Waals surface area contributed by atoms with Crippen molar-refractivity contribution in [3.63, 3.8) is 0 Å². The molecule has 0 heterocycles. The van der Waals surface area contributed by atoms with Crippen molar-refractivity contribution in [2.45, 2.75) is 45.9 Å². The van der Waals surface area contributed by atoms with E-state index in [0.717, 1.165) is 0 Å². The molecule has 96 valence electrons. The number of hydrogen-bond donors (Lipinski definition) is 1. The highest BCUT2D eigenvalue weighted by atomic mass is 19.1. The van der Waals surface area contributed by atoms with Crippen molar-refractivity contribution in [1.82, 2.24) is 0 Å². The number of benzene rings is 1. The topological polar surface area (TPSA) is 35.2 Å². The van der Waals surface area contributed by atoms with Gasteiger partial charge in [0.15, 0.2) is 0 Å². The van der Waals surface area contributed by atoms with Gasteiger partial charge in [-0.1, -0.05) is 32.0 Å². The van der Waals surface area contributed by atoms with Crippen LogP contribution in [0.1, 0.15) is 39.4 Å². The van der Waals surface area contributed by atoms with Crippen molar-refractivity contribution < 1.29 is 9.13 Å². The van der Waals surface area contributed by atoms with Crippen LogP contribution < -0.4 is 5.73 Å². The summed E-state index contributed by atoms with van der Waals surface area (Å²) >= 11 is 0. The summed E-state index contributed by atoms with van der Waals surface area (Å²) in [4.78, 5) is 0. The van der Waals surface area contributed by atoms with Gasteiger partial charge in [-0.3, -0.25) is 0 Å². The van der Waals surface area contributed by atoms with E-state index in [9.17, 15) is 4.39 Å². The van der Waals surface area contributed by atoms with E-state index >= 15 is 0 Å². The normalized spacial score (nSPS) is 16.9. The van der Waals surface area contributed by atoms with E-state index < -0.39 is 6.10 Å². The lowest BCUT2D eigenvalue weighted by Crippen LogP contribution is -2.31. The Morgan fingerprint density at radius 3 is 2.18 bits per heavy atom. The minimum atomic E-state index is -0.395. The molecule has 3 heteroatoms. The molecule has 0 aromatic heterocycles. The number of nitrogens with two attached hydrogens (primary N) is 1. The molecule has 2 nitrogen and oxygen atoms in total. The van der Waals surface area contributed by atoms with Crippen LogP contribution in [0.2, 0.25) is 0 Å². The standard InChI is InChI=1S/C14H22FNO/c1-9(2)11(4)17-14(10(3)16)12-7-5-6-8-13(12)15/h5-11,14H,16H2,1-4H3. The predicted molar refractivity (Wildman–Crippen MR) is 68.2 cm³/mol. The Labute approximate surface area is 103 Å². The molecule has 1 rings (SSSR count). The van der Waals surface area contributed by atoms with E-state index in [1.165, 1.54) is 6.07 Å². The fraction of sp³-hybridized carbons (Fsp3) is 0.571.